The van der Waals surface area contributed by atoms with Gasteiger partial charge >= 0.3 is 0 Å². The minimum Gasteiger partial charge on any atom is -0.492 e. The van der Waals surface area contributed by atoms with E-state index in [4.69, 9.17) is 9.47 Å². The molecule has 154 valence electrons. The summed E-state index contributed by atoms with van der Waals surface area (Å²) >= 11 is 0. The van der Waals surface area contributed by atoms with Crippen LogP contribution in [0.5, 0.6) is 11.5 Å². The number of hydrogen-bond acceptors (Lipinski definition) is 4. The number of piperidine rings is 1. The summed E-state index contributed by atoms with van der Waals surface area (Å²) in [6.45, 7) is 5.58. The monoisotopic (exact) mass is 396 g/mol. The number of para-hydroxylation sites is 2. The van der Waals surface area contributed by atoms with Crippen molar-refractivity contribution in [1.82, 2.24) is 4.90 Å². The summed E-state index contributed by atoms with van der Waals surface area (Å²) in [5.74, 6) is 1.16. The second-order valence-corrected chi connectivity index (χ2v) is 7.18. The lowest BCUT2D eigenvalue weighted by Crippen LogP contribution is -2.43. The van der Waals surface area contributed by atoms with Gasteiger partial charge in [-0.25, -0.2) is 0 Å². The summed E-state index contributed by atoms with van der Waals surface area (Å²) in [5, 5.41) is 2.97. The van der Waals surface area contributed by atoms with Gasteiger partial charge in [-0.1, -0.05) is 29.8 Å². The summed E-state index contributed by atoms with van der Waals surface area (Å²) < 4.78 is 11.1. The van der Waals surface area contributed by atoms with Crippen molar-refractivity contribution in [3.63, 3.8) is 0 Å². The van der Waals surface area contributed by atoms with Gasteiger partial charge in [0, 0.05) is 19.0 Å². The van der Waals surface area contributed by atoms with Crippen molar-refractivity contribution in [3.05, 3.63) is 54.1 Å². The number of likely N-dealkylation sites (tertiary alicyclic amines) is 1. The maximum Gasteiger partial charge on any atom is 0.260 e. The first-order valence-electron chi connectivity index (χ1n) is 10.1. The van der Waals surface area contributed by atoms with Crippen LogP contribution in [0.2, 0.25) is 0 Å². The molecule has 2 aromatic carbocycles. The molecule has 0 atom stereocenters. The quantitative estimate of drug-likeness (QED) is 0.776. The number of amides is 2. The molecule has 1 N–H and O–H groups in total. The van der Waals surface area contributed by atoms with Gasteiger partial charge in [0.15, 0.2) is 6.61 Å². The average Bonchev–Trinajstić information content (AvgIpc) is 2.75. The first-order valence-corrected chi connectivity index (χ1v) is 10.1. The number of carbonyl (C=O) groups excluding carboxylic acids is 2. The molecule has 0 aromatic heterocycles. The van der Waals surface area contributed by atoms with E-state index in [2.05, 4.69) is 5.32 Å². The lowest BCUT2D eigenvalue weighted by molar-refractivity contribution is -0.136. The molecule has 29 heavy (non-hydrogen) atoms. The second kappa shape index (κ2) is 9.96. The zero-order valence-electron chi connectivity index (χ0n) is 17.0. The fraction of sp³-hybridized carbons (Fsp3) is 0.391. The van der Waals surface area contributed by atoms with Crippen molar-refractivity contribution in [2.75, 3.05) is 31.6 Å². The van der Waals surface area contributed by atoms with Crippen molar-refractivity contribution >= 4 is 17.5 Å². The molecule has 1 aliphatic rings. The topological polar surface area (TPSA) is 67.9 Å². The summed E-state index contributed by atoms with van der Waals surface area (Å²) in [5.41, 5.74) is 1.83. The number of nitrogens with one attached hydrogen (secondary N) is 1. The van der Waals surface area contributed by atoms with Gasteiger partial charge in [-0.3, -0.25) is 9.59 Å². The average molecular weight is 396 g/mol. The number of ether oxygens (including phenoxy) is 2. The number of anilines is 1. The lowest BCUT2D eigenvalue weighted by atomic mass is 9.95. The number of rotatable bonds is 7. The minimum absolute atomic E-state index is 0.0155. The van der Waals surface area contributed by atoms with Crippen molar-refractivity contribution in [2.45, 2.75) is 26.7 Å². The van der Waals surface area contributed by atoms with Crippen LogP contribution in [0, 0.1) is 12.8 Å². The van der Waals surface area contributed by atoms with Crippen molar-refractivity contribution in [2.24, 2.45) is 5.92 Å². The minimum atomic E-state index is -0.119. The maximum absolute atomic E-state index is 12.6. The van der Waals surface area contributed by atoms with E-state index in [1.54, 1.807) is 4.90 Å². The first kappa shape index (κ1) is 20.7. The molecule has 1 heterocycles. The third-order valence-electron chi connectivity index (χ3n) is 5.05. The molecule has 0 radical (unpaired) electrons. The van der Waals surface area contributed by atoms with E-state index >= 15 is 0 Å². The Morgan fingerprint density at radius 1 is 1.03 bits per heavy atom. The van der Waals surface area contributed by atoms with Gasteiger partial charge < -0.3 is 19.7 Å². The fourth-order valence-corrected chi connectivity index (χ4v) is 3.35. The van der Waals surface area contributed by atoms with Crippen molar-refractivity contribution < 1.29 is 19.1 Å². The predicted molar refractivity (Wildman–Crippen MR) is 112 cm³/mol. The third-order valence-corrected chi connectivity index (χ3v) is 5.05. The molecule has 0 bridgehead atoms. The Kier molecular flexibility index (Phi) is 7.11. The molecule has 6 nitrogen and oxygen atoms in total. The number of benzene rings is 2. The van der Waals surface area contributed by atoms with Gasteiger partial charge in [-0.05, 0) is 51.0 Å². The molecule has 0 spiro atoms. The van der Waals surface area contributed by atoms with E-state index in [1.165, 1.54) is 0 Å². The Labute approximate surface area is 171 Å². The van der Waals surface area contributed by atoms with E-state index < -0.39 is 0 Å². The van der Waals surface area contributed by atoms with E-state index in [9.17, 15) is 9.59 Å². The highest BCUT2D eigenvalue weighted by Crippen LogP contribution is 2.26. The van der Waals surface area contributed by atoms with Crippen LogP contribution in [-0.4, -0.2) is 43.0 Å². The van der Waals surface area contributed by atoms with E-state index in [0.717, 1.165) is 5.56 Å². The molecule has 0 unspecified atom stereocenters. The van der Waals surface area contributed by atoms with E-state index in [1.807, 2.05) is 62.4 Å². The molecule has 1 fully saturated rings. The maximum atomic E-state index is 12.6. The van der Waals surface area contributed by atoms with Crippen molar-refractivity contribution in [1.29, 1.82) is 0 Å². The lowest BCUT2D eigenvalue weighted by Gasteiger charge is -2.31. The van der Waals surface area contributed by atoms with E-state index in [0.29, 0.717) is 49.7 Å². The molecule has 0 saturated carbocycles. The molecule has 0 aliphatic carbocycles. The van der Waals surface area contributed by atoms with Gasteiger partial charge in [0.25, 0.3) is 5.91 Å². The first-order chi connectivity index (χ1) is 14.1. The predicted octanol–water partition coefficient (Wildman–Crippen LogP) is 3.65. The summed E-state index contributed by atoms with van der Waals surface area (Å²) in [4.78, 5) is 26.8. The van der Waals surface area contributed by atoms with Gasteiger partial charge in [-0.15, -0.1) is 0 Å². The summed E-state index contributed by atoms with van der Waals surface area (Å²) in [6.07, 6.45) is 1.28. The van der Waals surface area contributed by atoms with Gasteiger partial charge in [0.05, 0.1) is 12.3 Å². The fourth-order valence-electron chi connectivity index (χ4n) is 3.35. The molecule has 6 heteroatoms. The van der Waals surface area contributed by atoms with Crippen LogP contribution in [0.25, 0.3) is 0 Å². The van der Waals surface area contributed by atoms with Crippen LogP contribution in [-0.2, 0) is 9.59 Å². The van der Waals surface area contributed by atoms with Crippen molar-refractivity contribution in [3.8, 4) is 11.5 Å². The molecule has 3 rings (SSSR count). The number of carbonyl (C=O) groups is 2. The Morgan fingerprint density at radius 3 is 2.41 bits per heavy atom. The third kappa shape index (κ3) is 5.73. The normalized spacial score (nSPS) is 14.3. The molecule has 1 aliphatic heterocycles. The van der Waals surface area contributed by atoms with E-state index in [-0.39, 0.29) is 24.3 Å². The molecular weight excluding hydrogens is 368 g/mol. The molecule has 2 amide bonds. The highest BCUT2D eigenvalue weighted by atomic mass is 16.5. The highest BCUT2D eigenvalue weighted by molar-refractivity contribution is 5.94. The Hall–Kier alpha value is -3.02. The van der Waals surface area contributed by atoms with Gasteiger partial charge in [0.2, 0.25) is 5.91 Å². The van der Waals surface area contributed by atoms with Crippen LogP contribution < -0.4 is 14.8 Å². The second-order valence-electron chi connectivity index (χ2n) is 7.18. The SMILES string of the molecule is CCOc1ccccc1NC(=O)C1CCN(C(=O)COc2ccc(C)cc2)CC1. The highest BCUT2D eigenvalue weighted by Gasteiger charge is 2.28. The standard InChI is InChI=1S/C23H28N2O4/c1-3-28-21-7-5-4-6-20(21)24-23(27)18-12-14-25(15-13-18)22(26)16-29-19-10-8-17(2)9-11-19/h4-11,18H,3,12-16H2,1-2H3,(H,24,27). The summed E-state index contributed by atoms with van der Waals surface area (Å²) in [7, 11) is 0. The van der Waals surface area contributed by atoms with Crippen LogP contribution >= 0.6 is 0 Å². The zero-order valence-corrected chi connectivity index (χ0v) is 17.0. The van der Waals surface area contributed by atoms with Crippen LogP contribution in [0.1, 0.15) is 25.3 Å². The largest absolute Gasteiger partial charge is 0.492 e. The van der Waals surface area contributed by atoms with Gasteiger partial charge in [0.1, 0.15) is 11.5 Å². The Balaban J connectivity index is 1.46. The Morgan fingerprint density at radius 2 is 1.72 bits per heavy atom. The molecule has 2 aromatic rings. The van der Waals surface area contributed by atoms with Crippen LogP contribution in [0.15, 0.2) is 48.5 Å². The Bertz CT molecular complexity index is 827. The number of aryl methyl sites for hydroxylation is 1. The smallest absolute Gasteiger partial charge is 0.260 e. The molecule has 1 saturated heterocycles. The number of hydrogen-bond donors (Lipinski definition) is 1. The summed E-state index contributed by atoms with van der Waals surface area (Å²) in [6, 6.07) is 15.1. The molecular formula is C23H28N2O4. The van der Waals surface area contributed by atoms with Crippen LogP contribution in [0.3, 0.4) is 0 Å². The van der Waals surface area contributed by atoms with Crippen LogP contribution in [0.4, 0.5) is 5.69 Å². The van der Waals surface area contributed by atoms with Gasteiger partial charge in [-0.2, -0.15) is 0 Å². The number of nitrogens with zero attached hydrogens (tertiary/aromatic N) is 1. The zero-order chi connectivity index (χ0) is 20.6.